The molecule has 0 bridgehead atoms. The van der Waals surface area contributed by atoms with Gasteiger partial charge in [-0.15, -0.1) is 11.3 Å². The Morgan fingerprint density at radius 3 is 2.84 bits per heavy atom. The molecule has 2 amide bonds. The molecular formula is C20H22N2O2S. The fourth-order valence-electron chi connectivity index (χ4n) is 3.77. The number of benzene rings is 1. The number of aryl methyl sites for hydroxylation is 1. The normalized spacial score (nSPS) is 19.8. The highest BCUT2D eigenvalue weighted by molar-refractivity contribution is 7.10. The van der Waals surface area contributed by atoms with Crippen molar-refractivity contribution in [3.63, 3.8) is 0 Å². The number of nitrogens with zero attached hydrogens (tertiary/aromatic N) is 1. The van der Waals surface area contributed by atoms with E-state index in [1.165, 1.54) is 16.9 Å². The first-order valence-electron chi connectivity index (χ1n) is 8.92. The molecule has 2 aliphatic rings. The van der Waals surface area contributed by atoms with Crippen LogP contribution in [0.4, 0.5) is 0 Å². The van der Waals surface area contributed by atoms with Crippen molar-refractivity contribution >= 4 is 23.2 Å². The van der Waals surface area contributed by atoms with Gasteiger partial charge in [0, 0.05) is 29.8 Å². The predicted octanol–water partition coefficient (Wildman–Crippen LogP) is 3.16. The van der Waals surface area contributed by atoms with Gasteiger partial charge in [-0.3, -0.25) is 9.59 Å². The molecule has 1 N–H and O–H groups in total. The van der Waals surface area contributed by atoms with Crippen LogP contribution in [0.1, 0.15) is 45.6 Å². The molecular weight excluding hydrogens is 332 g/mol. The molecule has 2 aromatic rings. The number of nitrogens with one attached hydrogen (secondary N) is 1. The second kappa shape index (κ2) is 7.00. The molecule has 130 valence electrons. The number of hydrogen-bond donors (Lipinski definition) is 1. The van der Waals surface area contributed by atoms with Gasteiger partial charge in [0.25, 0.3) is 5.91 Å². The number of fused-ring (bicyclic) bond motifs is 1. The number of thiophene rings is 1. The van der Waals surface area contributed by atoms with Gasteiger partial charge in [0.05, 0.1) is 11.6 Å². The molecule has 1 unspecified atom stereocenters. The summed E-state index contributed by atoms with van der Waals surface area (Å²) >= 11 is 1.70. The number of carbonyl (C=O) groups is 2. The SMILES string of the molecule is O=C(NC1CC(=O)N(Cc2ccccc2)C1)c1csc2c1CCCC2. The lowest BCUT2D eigenvalue weighted by molar-refractivity contribution is -0.128. The highest BCUT2D eigenvalue weighted by Crippen LogP contribution is 2.30. The van der Waals surface area contributed by atoms with E-state index in [1.807, 2.05) is 40.6 Å². The van der Waals surface area contributed by atoms with Crippen LogP contribution < -0.4 is 5.32 Å². The van der Waals surface area contributed by atoms with E-state index in [0.717, 1.165) is 30.4 Å². The van der Waals surface area contributed by atoms with Crippen LogP contribution >= 0.6 is 11.3 Å². The fourth-order valence-corrected chi connectivity index (χ4v) is 4.90. The van der Waals surface area contributed by atoms with Gasteiger partial charge >= 0.3 is 0 Å². The minimum atomic E-state index is -0.0946. The third kappa shape index (κ3) is 3.47. The molecule has 1 fully saturated rings. The second-order valence-corrected chi connectivity index (χ2v) is 7.86. The van der Waals surface area contributed by atoms with Crippen LogP contribution in [0.5, 0.6) is 0 Å². The van der Waals surface area contributed by atoms with Crippen molar-refractivity contribution in [2.75, 3.05) is 6.54 Å². The number of hydrogen-bond acceptors (Lipinski definition) is 3. The summed E-state index contributed by atoms with van der Waals surface area (Å²) in [6.07, 6.45) is 4.88. The van der Waals surface area contributed by atoms with E-state index in [1.54, 1.807) is 11.3 Å². The Morgan fingerprint density at radius 1 is 1.20 bits per heavy atom. The molecule has 0 radical (unpaired) electrons. The molecule has 0 spiro atoms. The van der Waals surface area contributed by atoms with Crippen molar-refractivity contribution in [2.24, 2.45) is 0 Å². The molecule has 1 aliphatic heterocycles. The average Bonchev–Trinajstić information content (AvgIpc) is 3.19. The maximum absolute atomic E-state index is 12.7. The van der Waals surface area contributed by atoms with Crippen LogP contribution in [-0.2, 0) is 24.2 Å². The van der Waals surface area contributed by atoms with E-state index in [2.05, 4.69) is 5.32 Å². The Kier molecular flexibility index (Phi) is 4.57. The van der Waals surface area contributed by atoms with E-state index in [-0.39, 0.29) is 17.9 Å². The van der Waals surface area contributed by atoms with Gasteiger partial charge in [-0.2, -0.15) is 0 Å². The zero-order chi connectivity index (χ0) is 17.2. The molecule has 25 heavy (non-hydrogen) atoms. The molecule has 2 heterocycles. The molecule has 5 heteroatoms. The fraction of sp³-hybridized carbons (Fsp3) is 0.400. The molecule has 1 saturated heterocycles. The Balaban J connectivity index is 1.39. The maximum Gasteiger partial charge on any atom is 0.252 e. The van der Waals surface area contributed by atoms with Crippen molar-refractivity contribution < 1.29 is 9.59 Å². The molecule has 4 nitrogen and oxygen atoms in total. The van der Waals surface area contributed by atoms with E-state index >= 15 is 0 Å². The topological polar surface area (TPSA) is 49.4 Å². The first kappa shape index (κ1) is 16.3. The summed E-state index contributed by atoms with van der Waals surface area (Å²) in [4.78, 5) is 28.1. The zero-order valence-electron chi connectivity index (χ0n) is 14.2. The highest BCUT2D eigenvalue weighted by atomic mass is 32.1. The molecule has 1 aromatic carbocycles. The van der Waals surface area contributed by atoms with Gasteiger partial charge in [-0.05, 0) is 36.8 Å². The standard InChI is InChI=1S/C20H22N2O2S/c23-19-10-15(12-22(19)11-14-6-2-1-3-7-14)21-20(24)17-13-25-18-9-5-4-8-16(17)18/h1-3,6-7,13,15H,4-5,8-12H2,(H,21,24). The molecule has 1 aliphatic carbocycles. The second-order valence-electron chi connectivity index (χ2n) is 6.89. The third-order valence-electron chi connectivity index (χ3n) is 5.07. The smallest absolute Gasteiger partial charge is 0.252 e. The van der Waals surface area contributed by atoms with Gasteiger partial charge in [0.15, 0.2) is 0 Å². The Labute approximate surface area is 151 Å². The van der Waals surface area contributed by atoms with E-state index in [4.69, 9.17) is 0 Å². The Bertz CT molecular complexity index is 784. The van der Waals surface area contributed by atoms with Crippen molar-refractivity contribution in [1.29, 1.82) is 0 Å². The van der Waals surface area contributed by atoms with Crippen molar-refractivity contribution in [1.82, 2.24) is 10.2 Å². The van der Waals surface area contributed by atoms with Crippen LogP contribution in [0, 0.1) is 0 Å². The van der Waals surface area contributed by atoms with E-state index in [0.29, 0.717) is 19.5 Å². The molecule has 1 aromatic heterocycles. The summed E-state index contributed by atoms with van der Waals surface area (Å²) in [5.41, 5.74) is 3.18. The number of rotatable bonds is 4. The lowest BCUT2D eigenvalue weighted by Gasteiger charge is -2.18. The van der Waals surface area contributed by atoms with Crippen LogP contribution in [0.15, 0.2) is 35.7 Å². The lowest BCUT2D eigenvalue weighted by atomic mass is 9.95. The average molecular weight is 354 g/mol. The number of likely N-dealkylation sites (tertiary alicyclic amines) is 1. The van der Waals surface area contributed by atoms with Crippen molar-refractivity contribution in [3.8, 4) is 0 Å². The summed E-state index contributed by atoms with van der Waals surface area (Å²) in [6.45, 7) is 1.20. The Morgan fingerprint density at radius 2 is 2.00 bits per heavy atom. The largest absolute Gasteiger partial charge is 0.347 e. The number of carbonyl (C=O) groups excluding carboxylic acids is 2. The van der Waals surface area contributed by atoms with Gasteiger partial charge in [-0.1, -0.05) is 30.3 Å². The van der Waals surface area contributed by atoms with Gasteiger partial charge in [0.2, 0.25) is 5.91 Å². The lowest BCUT2D eigenvalue weighted by Crippen LogP contribution is -2.37. The van der Waals surface area contributed by atoms with Crippen LogP contribution in [0.3, 0.4) is 0 Å². The van der Waals surface area contributed by atoms with Crippen LogP contribution in [-0.4, -0.2) is 29.3 Å². The molecule has 1 atom stereocenters. The minimum absolute atomic E-state index is 0.0150. The van der Waals surface area contributed by atoms with Crippen LogP contribution in [0.2, 0.25) is 0 Å². The van der Waals surface area contributed by atoms with Crippen molar-refractivity contribution in [3.05, 3.63) is 57.3 Å². The molecule has 4 rings (SSSR count). The monoisotopic (exact) mass is 354 g/mol. The van der Waals surface area contributed by atoms with Gasteiger partial charge in [-0.25, -0.2) is 0 Å². The summed E-state index contributed by atoms with van der Waals surface area (Å²) < 4.78 is 0. The van der Waals surface area contributed by atoms with E-state index < -0.39 is 0 Å². The van der Waals surface area contributed by atoms with Crippen LogP contribution in [0.25, 0.3) is 0 Å². The summed E-state index contributed by atoms with van der Waals surface area (Å²) in [5.74, 6) is 0.0975. The van der Waals surface area contributed by atoms with Crippen molar-refractivity contribution in [2.45, 2.75) is 44.7 Å². The first-order valence-corrected chi connectivity index (χ1v) is 9.80. The highest BCUT2D eigenvalue weighted by Gasteiger charge is 2.31. The first-order chi connectivity index (χ1) is 12.2. The van der Waals surface area contributed by atoms with Gasteiger partial charge < -0.3 is 10.2 Å². The Hall–Kier alpha value is -2.14. The minimum Gasteiger partial charge on any atom is -0.347 e. The summed E-state index contributed by atoms with van der Waals surface area (Å²) in [7, 11) is 0. The summed E-state index contributed by atoms with van der Waals surface area (Å²) in [6, 6.07) is 9.89. The van der Waals surface area contributed by atoms with Gasteiger partial charge in [0.1, 0.15) is 0 Å². The van der Waals surface area contributed by atoms with E-state index in [9.17, 15) is 9.59 Å². The summed E-state index contributed by atoms with van der Waals surface area (Å²) in [5, 5.41) is 5.07. The molecule has 0 saturated carbocycles. The third-order valence-corrected chi connectivity index (χ3v) is 6.16. The maximum atomic E-state index is 12.7. The quantitative estimate of drug-likeness (QED) is 0.917. The zero-order valence-corrected chi connectivity index (χ0v) is 15.0. The predicted molar refractivity (Wildman–Crippen MR) is 98.7 cm³/mol. The number of amides is 2.